The number of amides is 2. The Hall–Kier alpha value is -1.89. The molecule has 2 aromatic rings. The summed E-state index contributed by atoms with van der Waals surface area (Å²) in [7, 11) is 0. The van der Waals surface area contributed by atoms with E-state index < -0.39 is 5.82 Å². The zero-order chi connectivity index (χ0) is 17.3. The summed E-state index contributed by atoms with van der Waals surface area (Å²) < 4.78 is 19.9. The highest BCUT2D eigenvalue weighted by Crippen LogP contribution is 2.33. The highest BCUT2D eigenvalue weighted by atomic mass is 79.9. The van der Waals surface area contributed by atoms with Gasteiger partial charge in [0.1, 0.15) is 17.3 Å². The van der Waals surface area contributed by atoms with Gasteiger partial charge in [0.2, 0.25) is 0 Å². The van der Waals surface area contributed by atoms with E-state index in [1.807, 2.05) is 19.9 Å². The van der Waals surface area contributed by atoms with Gasteiger partial charge in [-0.15, -0.1) is 0 Å². The average Bonchev–Trinajstić information content (AvgIpc) is 3.17. The van der Waals surface area contributed by atoms with Crippen molar-refractivity contribution in [2.45, 2.75) is 38.6 Å². The molecule has 3 rings (SSSR count). The molecule has 2 amide bonds. The zero-order valence-electron chi connectivity index (χ0n) is 13.6. The van der Waals surface area contributed by atoms with Crippen molar-refractivity contribution in [2.24, 2.45) is 0 Å². The van der Waals surface area contributed by atoms with Crippen LogP contribution in [0.2, 0.25) is 0 Å². The lowest BCUT2D eigenvalue weighted by molar-refractivity contribution is 0.204. The molecule has 0 bridgehead atoms. The van der Waals surface area contributed by atoms with Gasteiger partial charge in [0.05, 0.1) is 11.7 Å². The third-order valence-electron chi connectivity index (χ3n) is 4.14. The van der Waals surface area contributed by atoms with Crippen LogP contribution in [0.3, 0.4) is 0 Å². The molecule has 5 nitrogen and oxygen atoms in total. The van der Waals surface area contributed by atoms with Gasteiger partial charge in [-0.05, 0) is 31.0 Å². The number of carbonyl (C=O) groups is 1. The fraction of sp³-hybridized carbons (Fsp3) is 0.412. The van der Waals surface area contributed by atoms with Crippen LogP contribution in [0.1, 0.15) is 50.1 Å². The molecule has 0 aliphatic carbocycles. The Morgan fingerprint density at radius 3 is 2.92 bits per heavy atom. The molecule has 1 aliphatic heterocycles. The summed E-state index contributed by atoms with van der Waals surface area (Å²) in [5.74, 6) is 0.569. The van der Waals surface area contributed by atoms with Crippen LogP contribution in [0.5, 0.6) is 0 Å². The third kappa shape index (κ3) is 3.45. The molecule has 1 aliphatic rings. The van der Waals surface area contributed by atoms with Gasteiger partial charge >= 0.3 is 6.03 Å². The molecule has 0 spiro atoms. The Bertz CT molecular complexity index is 747. The van der Waals surface area contributed by atoms with Gasteiger partial charge < -0.3 is 14.7 Å². The minimum absolute atomic E-state index is 0.139. The maximum atomic E-state index is 13.9. The van der Waals surface area contributed by atoms with E-state index in [0.717, 1.165) is 24.3 Å². The smallest absolute Gasteiger partial charge is 0.322 e. The summed E-state index contributed by atoms with van der Waals surface area (Å²) in [6.07, 6.45) is 1.70. The second kappa shape index (κ2) is 6.93. The highest BCUT2D eigenvalue weighted by molar-refractivity contribution is 9.10. The SMILES string of the molecule is CC(C)c1cc([C@@H]2CCCN2C(=O)Nc2ccc(Br)cc2F)no1. The molecule has 0 saturated carbocycles. The molecule has 1 fully saturated rings. The number of nitrogens with one attached hydrogen (secondary N) is 1. The van der Waals surface area contributed by atoms with Gasteiger partial charge in [-0.2, -0.15) is 0 Å². The molecular formula is C17H19BrFN3O2. The van der Waals surface area contributed by atoms with Gasteiger partial charge in [-0.3, -0.25) is 0 Å². The molecular weight excluding hydrogens is 377 g/mol. The first kappa shape index (κ1) is 17.0. The predicted molar refractivity (Wildman–Crippen MR) is 92.4 cm³/mol. The van der Waals surface area contributed by atoms with Crippen molar-refractivity contribution in [3.63, 3.8) is 0 Å². The van der Waals surface area contributed by atoms with Gasteiger partial charge in [0, 0.05) is 23.0 Å². The number of nitrogens with zero attached hydrogens (tertiary/aromatic N) is 2. The average molecular weight is 396 g/mol. The third-order valence-corrected chi connectivity index (χ3v) is 4.64. The molecule has 2 heterocycles. The van der Waals surface area contributed by atoms with Crippen LogP contribution in [-0.2, 0) is 0 Å². The molecule has 1 N–H and O–H groups in total. The van der Waals surface area contributed by atoms with E-state index in [1.54, 1.807) is 11.0 Å². The van der Waals surface area contributed by atoms with E-state index in [1.165, 1.54) is 12.1 Å². The number of carbonyl (C=O) groups excluding carboxylic acids is 1. The number of likely N-dealkylation sites (tertiary alicyclic amines) is 1. The minimum atomic E-state index is -0.475. The van der Waals surface area contributed by atoms with E-state index in [0.29, 0.717) is 11.0 Å². The Balaban J connectivity index is 1.75. The molecule has 1 aromatic heterocycles. The zero-order valence-corrected chi connectivity index (χ0v) is 15.1. The van der Waals surface area contributed by atoms with Crippen LogP contribution in [-0.4, -0.2) is 22.6 Å². The molecule has 24 heavy (non-hydrogen) atoms. The Morgan fingerprint density at radius 1 is 1.46 bits per heavy atom. The van der Waals surface area contributed by atoms with E-state index in [-0.39, 0.29) is 23.7 Å². The maximum absolute atomic E-state index is 13.9. The number of anilines is 1. The van der Waals surface area contributed by atoms with Gasteiger partial charge in [0.15, 0.2) is 0 Å². The topological polar surface area (TPSA) is 58.4 Å². The van der Waals surface area contributed by atoms with Crippen LogP contribution < -0.4 is 5.32 Å². The summed E-state index contributed by atoms with van der Waals surface area (Å²) >= 11 is 3.20. The lowest BCUT2D eigenvalue weighted by atomic mass is 10.1. The van der Waals surface area contributed by atoms with E-state index in [4.69, 9.17) is 4.52 Å². The lowest BCUT2D eigenvalue weighted by Gasteiger charge is -2.23. The maximum Gasteiger partial charge on any atom is 0.322 e. The van der Waals surface area contributed by atoms with Crippen molar-refractivity contribution in [3.05, 3.63) is 46.0 Å². The van der Waals surface area contributed by atoms with Crippen molar-refractivity contribution in [3.8, 4) is 0 Å². The van der Waals surface area contributed by atoms with E-state index >= 15 is 0 Å². The fourth-order valence-corrected chi connectivity index (χ4v) is 3.16. The summed E-state index contributed by atoms with van der Waals surface area (Å²) in [5, 5.41) is 6.75. The number of hydrogen-bond acceptors (Lipinski definition) is 3. The first-order chi connectivity index (χ1) is 11.5. The van der Waals surface area contributed by atoms with Crippen molar-refractivity contribution in [1.29, 1.82) is 0 Å². The van der Waals surface area contributed by atoms with E-state index in [2.05, 4.69) is 26.4 Å². The van der Waals surface area contributed by atoms with E-state index in [9.17, 15) is 9.18 Å². The number of halogens is 2. The molecule has 128 valence electrons. The van der Waals surface area contributed by atoms with Gasteiger partial charge in [0.25, 0.3) is 0 Å². The molecule has 0 radical (unpaired) electrons. The number of benzene rings is 1. The van der Waals surface area contributed by atoms with Crippen LogP contribution in [0.4, 0.5) is 14.9 Å². The van der Waals surface area contributed by atoms with Crippen LogP contribution >= 0.6 is 15.9 Å². The standard InChI is InChI=1S/C17H19BrFN3O2/c1-10(2)16-9-14(21-24-16)15-4-3-7-22(15)17(23)20-13-6-5-11(18)8-12(13)19/h5-6,8-10,15H,3-4,7H2,1-2H3,(H,20,23)/t15-/m0/s1. The molecule has 1 atom stereocenters. The molecule has 1 saturated heterocycles. The Kier molecular flexibility index (Phi) is 4.89. The molecule has 7 heteroatoms. The Labute approximate surface area is 148 Å². The Morgan fingerprint density at radius 2 is 2.25 bits per heavy atom. The lowest BCUT2D eigenvalue weighted by Crippen LogP contribution is -2.34. The summed E-state index contributed by atoms with van der Waals surface area (Å²) in [6.45, 7) is 4.66. The summed E-state index contributed by atoms with van der Waals surface area (Å²) in [5.41, 5.74) is 0.916. The second-order valence-corrected chi connectivity index (χ2v) is 7.13. The predicted octanol–water partition coefficient (Wildman–Crippen LogP) is 5.07. The number of hydrogen-bond donors (Lipinski definition) is 1. The fourth-order valence-electron chi connectivity index (χ4n) is 2.83. The number of urea groups is 1. The summed E-state index contributed by atoms with van der Waals surface area (Å²) in [4.78, 5) is 14.2. The monoisotopic (exact) mass is 395 g/mol. The number of aromatic nitrogens is 1. The van der Waals surface area contributed by atoms with Gasteiger partial charge in [-0.1, -0.05) is 34.9 Å². The first-order valence-electron chi connectivity index (χ1n) is 7.95. The van der Waals surface area contributed by atoms with Crippen molar-refractivity contribution < 1.29 is 13.7 Å². The van der Waals surface area contributed by atoms with Crippen LogP contribution in [0.15, 0.2) is 33.3 Å². The van der Waals surface area contributed by atoms with Crippen LogP contribution in [0.25, 0.3) is 0 Å². The van der Waals surface area contributed by atoms with Crippen molar-refractivity contribution in [2.75, 3.05) is 11.9 Å². The van der Waals surface area contributed by atoms with Crippen molar-refractivity contribution >= 4 is 27.6 Å². The highest BCUT2D eigenvalue weighted by Gasteiger charge is 2.32. The second-order valence-electron chi connectivity index (χ2n) is 6.21. The molecule has 1 aromatic carbocycles. The first-order valence-corrected chi connectivity index (χ1v) is 8.74. The largest absolute Gasteiger partial charge is 0.361 e. The van der Waals surface area contributed by atoms with Gasteiger partial charge in [-0.25, -0.2) is 9.18 Å². The molecule has 0 unspecified atom stereocenters. The quantitative estimate of drug-likeness (QED) is 0.788. The summed E-state index contributed by atoms with van der Waals surface area (Å²) in [6, 6.07) is 5.99. The van der Waals surface area contributed by atoms with Crippen LogP contribution in [0, 0.1) is 5.82 Å². The normalized spacial score (nSPS) is 17.5. The number of rotatable bonds is 3. The van der Waals surface area contributed by atoms with Crippen molar-refractivity contribution in [1.82, 2.24) is 10.1 Å². The minimum Gasteiger partial charge on any atom is -0.361 e.